The molecule has 0 aromatic carbocycles. The summed E-state index contributed by atoms with van der Waals surface area (Å²) in [5.74, 6) is -2.00. The molecule has 0 spiro atoms. The number of anilines is 1. The molecular formula is C22H21N6NaO6S2. The van der Waals surface area contributed by atoms with E-state index in [9.17, 15) is 19.5 Å². The number of rotatable bonds is 8. The predicted molar refractivity (Wildman–Crippen MR) is 129 cm³/mol. The van der Waals surface area contributed by atoms with Crippen LogP contribution in [0.5, 0.6) is 0 Å². The zero-order valence-electron chi connectivity index (χ0n) is 19.8. The number of hydrogen-bond acceptors (Lipinski definition) is 12. The van der Waals surface area contributed by atoms with Gasteiger partial charge in [0.25, 0.3) is 11.8 Å². The van der Waals surface area contributed by atoms with Crippen LogP contribution in [0.25, 0.3) is 6.08 Å². The minimum atomic E-state index is -1.49. The molecule has 3 aliphatic rings. The van der Waals surface area contributed by atoms with Gasteiger partial charge in [-0.1, -0.05) is 16.4 Å². The molecule has 3 N–H and O–H groups in total. The fourth-order valence-electron chi connectivity index (χ4n) is 4.19. The average Bonchev–Trinajstić information content (AvgIpc) is 3.64. The molecule has 15 heteroatoms. The molecule has 2 amide bonds. The van der Waals surface area contributed by atoms with Crippen LogP contribution in [0.3, 0.4) is 0 Å². The number of aromatic nitrogens is 2. The van der Waals surface area contributed by atoms with Gasteiger partial charge < -0.3 is 30.3 Å². The number of thioether (sulfide) groups is 1. The topological polar surface area (TPSA) is 176 Å². The SMILES string of the molecule is Nc1nc(/C(=N/OC2CCCC2)C(=O)N[C@@H]2C(=O)N3C(C(=O)[O-])=C(/C=C\c4ccno4)CS[C@H]23)cs1.[Na+]. The van der Waals surface area contributed by atoms with Crippen LogP contribution in [-0.2, 0) is 19.2 Å². The molecule has 2 aromatic rings. The van der Waals surface area contributed by atoms with E-state index in [1.807, 2.05) is 0 Å². The molecule has 1 saturated heterocycles. The molecule has 37 heavy (non-hydrogen) atoms. The molecule has 0 radical (unpaired) electrons. The Hall–Kier alpha value is -2.65. The number of oxime groups is 1. The monoisotopic (exact) mass is 552 g/mol. The fraction of sp³-hybridized carbons (Fsp3) is 0.364. The zero-order valence-corrected chi connectivity index (χ0v) is 23.4. The minimum Gasteiger partial charge on any atom is -0.543 e. The average molecular weight is 553 g/mol. The van der Waals surface area contributed by atoms with Crippen LogP contribution >= 0.6 is 23.1 Å². The molecule has 12 nitrogen and oxygen atoms in total. The molecule has 188 valence electrons. The number of nitrogen functional groups attached to an aromatic ring is 1. The van der Waals surface area contributed by atoms with Crippen LogP contribution in [0.4, 0.5) is 5.13 Å². The van der Waals surface area contributed by atoms with E-state index in [0.717, 1.165) is 41.9 Å². The molecule has 2 atom stereocenters. The summed E-state index contributed by atoms with van der Waals surface area (Å²) in [6.07, 6.45) is 8.23. The summed E-state index contributed by atoms with van der Waals surface area (Å²) in [4.78, 5) is 48.9. The van der Waals surface area contributed by atoms with E-state index in [2.05, 4.69) is 20.6 Å². The number of carbonyl (C=O) groups excluding carboxylic acids is 3. The fourth-order valence-corrected chi connectivity index (χ4v) is 6.05. The van der Waals surface area contributed by atoms with Crippen LogP contribution in [0.15, 0.2) is 44.7 Å². The van der Waals surface area contributed by atoms with Gasteiger partial charge in [0.2, 0.25) is 0 Å². The van der Waals surface area contributed by atoms with E-state index in [4.69, 9.17) is 15.1 Å². The Morgan fingerprint density at radius 1 is 1.32 bits per heavy atom. The van der Waals surface area contributed by atoms with Crippen molar-refractivity contribution in [1.82, 2.24) is 20.4 Å². The summed E-state index contributed by atoms with van der Waals surface area (Å²) in [5, 5.41) is 23.5. The summed E-state index contributed by atoms with van der Waals surface area (Å²) in [5.41, 5.74) is 6.02. The summed E-state index contributed by atoms with van der Waals surface area (Å²) in [6, 6.07) is 0.657. The van der Waals surface area contributed by atoms with E-state index < -0.39 is 29.2 Å². The summed E-state index contributed by atoms with van der Waals surface area (Å²) >= 11 is 2.47. The van der Waals surface area contributed by atoms with Gasteiger partial charge in [0, 0.05) is 17.2 Å². The van der Waals surface area contributed by atoms with Gasteiger partial charge >= 0.3 is 29.6 Å². The Kier molecular flexibility index (Phi) is 8.75. The number of carbonyl (C=O) groups is 3. The second-order valence-corrected chi connectivity index (χ2v) is 10.3. The van der Waals surface area contributed by atoms with E-state index in [-0.39, 0.29) is 63.6 Å². The number of aliphatic carboxylic acids is 1. The molecule has 1 aliphatic carbocycles. The number of fused-ring (bicyclic) bond motifs is 1. The van der Waals surface area contributed by atoms with Gasteiger partial charge in [-0.05, 0) is 37.3 Å². The molecule has 2 aliphatic heterocycles. The largest absolute Gasteiger partial charge is 1.00 e. The van der Waals surface area contributed by atoms with Gasteiger partial charge in [-0.3, -0.25) is 14.5 Å². The second-order valence-electron chi connectivity index (χ2n) is 8.29. The summed E-state index contributed by atoms with van der Waals surface area (Å²) in [6.45, 7) is 0. The number of amides is 2. The van der Waals surface area contributed by atoms with Crippen molar-refractivity contribution in [2.75, 3.05) is 11.5 Å². The minimum absolute atomic E-state index is 0. The number of thiazole rings is 1. The van der Waals surface area contributed by atoms with Gasteiger partial charge in [0.1, 0.15) is 23.2 Å². The number of nitrogens with two attached hydrogens (primary N) is 1. The zero-order chi connectivity index (χ0) is 25.2. The van der Waals surface area contributed by atoms with E-state index in [1.54, 1.807) is 23.6 Å². The quantitative estimate of drug-likeness (QED) is 0.154. The normalized spacial score (nSPS) is 22.0. The molecule has 2 fully saturated rings. The Morgan fingerprint density at radius 3 is 2.76 bits per heavy atom. The Balaban J connectivity index is 0.00000320. The molecule has 0 bridgehead atoms. The van der Waals surface area contributed by atoms with Crippen LogP contribution < -0.4 is 45.7 Å². The first-order valence-corrected chi connectivity index (χ1v) is 13.1. The molecule has 5 rings (SSSR count). The first kappa shape index (κ1) is 27.4. The van der Waals surface area contributed by atoms with Crippen molar-refractivity contribution in [3.63, 3.8) is 0 Å². The van der Waals surface area contributed by atoms with E-state index in [0.29, 0.717) is 11.3 Å². The third kappa shape index (κ3) is 5.77. The van der Waals surface area contributed by atoms with Gasteiger partial charge in [0.15, 0.2) is 16.6 Å². The molecular weight excluding hydrogens is 531 g/mol. The maximum absolute atomic E-state index is 13.1. The first-order valence-electron chi connectivity index (χ1n) is 11.2. The van der Waals surface area contributed by atoms with Crippen LogP contribution in [0.2, 0.25) is 0 Å². The third-order valence-corrected chi connectivity index (χ3v) is 7.94. The summed E-state index contributed by atoms with van der Waals surface area (Å²) in [7, 11) is 0. The van der Waals surface area contributed by atoms with Gasteiger partial charge in [-0.15, -0.1) is 23.1 Å². The molecule has 0 unspecified atom stereocenters. The third-order valence-electron chi connectivity index (χ3n) is 5.96. The number of allylic oxidation sites excluding steroid dienone is 1. The van der Waals surface area contributed by atoms with Crippen molar-refractivity contribution >= 4 is 57.8 Å². The number of hydrogen-bond donors (Lipinski definition) is 2. The van der Waals surface area contributed by atoms with Gasteiger partial charge in [-0.25, -0.2) is 4.98 Å². The van der Waals surface area contributed by atoms with Crippen LogP contribution in [-0.4, -0.2) is 61.8 Å². The summed E-state index contributed by atoms with van der Waals surface area (Å²) < 4.78 is 4.99. The standard InChI is InChI=1S/C22H22N6O6S2.Na/c23-22-25-14(10-36-22)15(27-34-12-3-1-2-4-12)18(29)26-16-19(30)28-17(21(31)32)11(9-35-20(16)28)5-6-13-7-8-24-33-13;/h5-8,10,12,16,20H,1-4,9H2,(H2,23,25)(H,26,29)(H,31,32);/q;+1/p-1/b6-5-,27-15-;/t16-,20-;/m1./s1. The first-order chi connectivity index (χ1) is 17.4. The number of β-lactam (4-membered cyclic amide) rings is 1. The van der Waals surface area contributed by atoms with Crippen molar-refractivity contribution in [1.29, 1.82) is 0 Å². The maximum Gasteiger partial charge on any atom is 1.00 e. The van der Waals surface area contributed by atoms with Crippen LogP contribution in [0.1, 0.15) is 37.1 Å². The Bertz CT molecular complexity index is 1270. The second kappa shape index (κ2) is 11.8. The Labute approximate surface area is 241 Å². The number of nitrogens with one attached hydrogen (secondary N) is 1. The number of nitrogens with zero attached hydrogens (tertiary/aromatic N) is 4. The predicted octanol–water partition coefficient (Wildman–Crippen LogP) is -2.50. The molecule has 4 heterocycles. The van der Waals surface area contributed by atoms with Crippen LogP contribution in [0, 0.1) is 0 Å². The molecule has 1 saturated carbocycles. The van der Waals surface area contributed by atoms with Crippen molar-refractivity contribution in [2.24, 2.45) is 5.16 Å². The number of carboxylic acids is 1. The van der Waals surface area contributed by atoms with Crippen molar-refractivity contribution in [2.45, 2.75) is 43.2 Å². The van der Waals surface area contributed by atoms with Gasteiger partial charge in [-0.2, -0.15) is 0 Å². The van der Waals surface area contributed by atoms with Crippen molar-refractivity contribution in [3.05, 3.63) is 46.4 Å². The van der Waals surface area contributed by atoms with Gasteiger partial charge in [0.05, 0.1) is 17.9 Å². The maximum atomic E-state index is 13.1. The Morgan fingerprint density at radius 2 is 2.11 bits per heavy atom. The van der Waals surface area contributed by atoms with Crippen molar-refractivity contribution < 1.29 is 58.4 Å². The van der Waals surface area contributed by atoms with E-state index >= 15 is 0 Å². The van der Waals surface area contributed by atoms with E-state index in [1.165, 1.54) is 18.0 Å². The van der Waals surface area contributed by atoms with Crippen molar-refractivity contribution in [3.8, 4) is 0 Å². The smallest absolute Gasteiger partial charge is 0.543 e. The number of carboxylic acid groups (broad SMARTS) is 1. The molecule has 2 aromatic heterocycles.